The number of amides is 2. The highest BCUT2D eigenvalue weighted by molar-refractivity contribution is 5.90. The maximum absolute atomic E-state index is 12.3. The molecule has 0 aliphatic carbocycles. The van der Waals surface area contributed by atoms with E-state index in [9.17, 15) is 13.6 Å². The fraction of sp³-hybridized carbons (Fsp3) is 0.235. The van der Waals surface area contributed by atoms with Gasteiger partial charge in [-0.05, 0) is 37.1 Å². The molecule has 0 aromatic heterocycles. The Labute approximate surface area is 133 Å². The minimum Gasteiger partial charge on any atom is -0.434 e. The maximum atomic E-state index is 12.3. The monoisotopic (exact) mass is 320 g/mol. The van der Waals surface area contributed by atoms with Gasteiger partial charge in [-0.15, -0.1) is 0 Å². The van der Waals surface area contributed by atoms with E-state index < -0.39 is 12.6 Å². The van der Waals surface area contributed by atoms with Gasteiger partial charge in [0.2, 0.25) is 0 Å². The summed E-state index contributed by atoms with van der Waals surface area (Å²) >= 11 is 0. The molecule has 0 saturated heterocycles. The van der Waals surface area contributed by atoms with Gasteiger partial charge in [0.05, 0.1) is 0 Å². The van der Waals surface area contributed by atoms with Crippen LogP contribution in [-0.2, 0) is 6.54 Å². The van der Waals surface area contributed by atoms with E-state index in [0.717, 1.165) is 11.1 Å². The third-order valence-corrected chi connectivity index (χ3v) is 3.27. The standard InChI is InChI=1S/C17H18F2N2O2/c1-11-7-8-12(2)14(9-11)21-17(22)20-10-13-5-3-4-6-15(13)23-16(18)19/h3-9,16H,10H2,1-2H3,(H2,20,21,22). The number of carbonyl (C=O) groups excluding carboxylic acids is 1. The predicted molar refractivity (Wildman–Crippen MR) is 84.8 cm³/mol. The molecule has 2 amide bonds. The Kier molecular flexibility index (Phi) is 5.51. The van der Waals surface area contributed by atoms with E-state index in [0.29, 0.717) is 11.3 Å². The lowest BCUT2D eigenvalue weighted by Gasteiger charge is -2.13. The number of hydrogen-bond acceptors (Lipinski definition) is 2. The molecule has 0 atom stereocenters. The minimum atomic E-state index is -2.90. The summed E-state index contributed by atoms with van der Waals surface area (Å²) in [5.41, 5.74) is 3.15. The number of halogens is 2. The van der Waals surface area contributed by atoms with Crippen molar-refractivity contribution in [2.45, 2.75) is 27.0 Å². The zero-order valence-corrected chi connectivity index (χ0v) is 12.9. The van der Waals surface area contributed by atoms with Gasteiger partial charge in [-0.1, -0.05) is 30.3 Å². The Morgan fingerprint density at radius 3 is 2.65 bits per heavy atom. The molecule has 2 rings (SSSR count). The smallest absolute Gasteiger partial charge is 0.387 e. The number of hydrogen-bond donors (Lipinski definition) is 2. The minimum absolute atomic E-state index is 0.0505. The summed E-state index contributed by atoms with van der Waals surface area (Å²) in [7, 11) is 0. The van der Waals surface area contributed by atoms with E-state index in [2.05, 4.69) is 15.4 Å². The second-order valence-corrected chi connectivity index (χ2v) is 5.11. The van der Waals surface area contributed by atoms with Gasteiger partial charge >= 0.3 is 12.6 Å². The number of urea groups is 1. The average molecular weight is 320 g/mol. The van der Waals surface area contributed by atoms with Crippen LogP contribution in [0, 0.1) is 13.8 Å². The van der Waals surface area contributed by atoms with Crippen molar-refractivity contribution < 1.29 is 18.3 Å². The lowest BCUT2D eigenvalue weighted by Crippen LogP contribution is -2.28. The first kappa shape index (κ1) is 16.7. The first-order chi connectivity index (χ1) is 11.0. The molecule has 4 nitrogen and oxygen atoms in total. The van der Waals surface area contributed by atoms with Crippen LogP contribution in [0.2, 0.25) is 0 Å². The Bertz CT molecular complexity index is 690. The van der Waals surface area contributed by atoms with Gasteiger partial charge in [0.25, 0.3) is 0 Å². The molecule has 122 valence electrons. The number of anilines is 1. The molecule has 2 aromatic carbocycles. The van der Waals surface area contributed by atoms with E-state index in [4.69, 9.17) is 0 Å². The maximum Gasteiger partial charge on any atom is 0.387 e. The molecule has 0 radical (unpaired) electrons. The molecule has 0 saturated carbocycles. The third kappa shape index (κ3) is 4.95. The van der Waals surface area contributed by atoms with Gasteiger partial charge in [0.1, 0.15) is 5.75 Å². The first-order valence-electron chi connectivity index (χ1n) is 7.10. The second kappa shape index (κ2) is 7.58. The molecule has 0 heterocycles. The van der Waals surface area contributed by atoms with Crippen LogP contribution in [0.5, 0.6) is 5.75 Å². The van der Waals surface area contributed by atoms with Crippen molar-refractivity contribution in [1.82, 2.24) is 5.32 Å². The third-order valence-electron chi connectivity index (χ3n) is 3.27. The number of carbonyl (C=O) groups is 1. The fourth-order valence-corrected chi connectivity index (χ4v) is 2.07. The predicted octanol–water partition coefficient (Wildman–Crippen LogP) is 4.23. The first-order valence-corrected chi connectivity index (χ1v) is 7.10. The summed E-state index contributed by atoms with van der Waals surface area (Å²) < 4.78 is 29.1. The van der Waals surface area contributed by atoms with Gasteiger partial charge in [-0.3, -0.25) is 0 Å². The number of para-hydroxylation sites is 1. The lowest BCUT2D eigenvalue weighted by atomic mass is 10.1. The molecule has 6 heteroatoms. The van der Waals surface area contributed by atoms with E-state index in [1.807, 2.05) is 32.0 Å². The summed E-state index contributed by atoms with van der Waals surface area (Å²) in [5, 5.41) is 5.38. The van der Waals surface area contributed by atoms with Crippen molar-refractivity contribution in [1.29, 1.82) is 0 Å². The van der Waals surface area contributed by atoms with Crippen LogP contribution in [0.1, 0.15) is 16.7 Å². The molecule has 23 heavy (non-hydrogen) atoms. The van der Waals surface area contributed by atoms with Crippen LogP contribution in [0.4, 0.5) is 19.3 Å². The van der Waals surface area contributed by atoms with E-state index in [-0.39, 0.29) is 12.3 Å². The van der Waals surface area contributed by atoms with Crippen LogP contribution in [-0.4, -0.2) is 12.6 Å². The molecule has 0 fully saturated rings. The molecule has 0 spiro atoms. The highest BCUT2D eigenvalue weighted by Gasteiger charge is 2.10. The van der Waals surface area contributed by atoms with Crippen molar-refractivity contribution in [3.05, 3.63) is 59.2 Å². The van der Waals surface area contributed by atoms with Gasteiger partial charge in [0, 0.05) is 17.8 Å². The molecular formula is C17H18F2N2O2. The Morgan fingerprint density at radius 2 is 1.91 bits per heavy atom. The quantitative estimate of drug-likeness (QED) is 0.866. The topological polar surface area (TPSA) is 50.4 Å². The number of nitrogens with one attached hydrogen (secondary N) is 2. The van der Waals surface area contributed by atoms with Gasteiger partial charge in [-0.2, -0.15) is 8.78 Å². The van der Waals surface area contributed by atoms with Crippen LogP contribution in [0.3, 0.4) is 0 Å². The molecule has 0 aliphatic rings. The zero-order valence-electron chi connectivity index (χ0n) is 12.9. The summed E-state index contributed by atoms with van der Waals surface area (Å²) in [6.45, 7) is 1.00. The van der Waals surface area contributed by atoms with Crippen molar-refractivity contribution in [3.63, 3.8) is 0 Å². The summed E-state index contributed by atoms with van der Waals surface area (Å²) in [5.74, 6) is 0.0505. The van der Waals surface area contributed by atoms with Crippen LogP contribution >= 0.6 is 0 Å². The number of alkyl halides is 2. The van der Waals surface area contributed by atoms with Gasteiger partial charge < -0.3 is 15.4 Å². The van der Waals surface area contributed by atoms with Gasteiger partial charge in [-0.25, -0.2) is 4.79 Å². The highest BCUT2D eigenvalue weighted by Crippen LogP contribution is 2.20. The lowest BCUT2D eigenvalue weighted by molar-refractivity contribution is -0.0504. The van der Waals surface area contributed by atoms with E-state index in [1.165, 1.54) is 6.07 Å². The molecule has 2 aromatic rings. The Morgan fingerprint density at radius 1 is 1.17 bits per heavy atom. The largest absolute Gasteiger partial charge is 0.434 e. The Balaban J connectivity index is 1.98. The van der Waals surface area contributed by atoms with Crippen molar-refractivity contribution >= 4 is 11.7 Å². The number of rotatable bonds is 5. The van der Waals surface area contributed by atoms with Crippen molar-refractivity contribution in [2.24, 2.45) is 0 Å². The molecule has 0 aliphatic heterocycles. The van der Waals surface area contributed by atoms with Crippen LogP contribution < -0.4 is 15.4 Å². The number of ether oxygens (including phenoxy) is 1. The van der Waals surface area contributed by atoms with Crippen LogP contribution in [0.25, 0.3) is 0 Å². The summed E-state index contributed by atoms with van der Waals surface area (Å²) in [4.78, 5) is 12.0. The molecule has 0 unspecified atom stereocenters. The number of aryl methyl sites for hydroxylation is 2. The normalized spacial score (nSPS) is 10.5. The van der Waals surface area contributed by atoms with Gasteiger partial charge in [0.15, 0.2) is 0 Å². The molecular weight excluding hydrogens is 302 g/mol. The van der Waals surface area contributed by atoms with Crippen LogP contribution in [0.15, 0.2) is 42.5 Å². The average Bonchev–Trinajstić information content (AvgIpc) is 2.49. The second-order valence-electron chi connectivity index (χ2n) is 5.11. The highest BCUT2D eigenvalue weighted by atomic mass is 19.3. The number of benzene rings is 2. The SMILES string of the molecule is Cc1ccc(C)c(NC(=O)NCc2ccccc2OC(F)F)c1. The molecule has 2 N–H and O–H groups in total. The summed E-state index contributed by atoms with van der Waals surface area (Å²) in [6.07, 6.45) is 0. The Hall–Kier alpha value is -2.63. The van der Waals surface area contributed by atoms with E-state index in [1.54, 1.807) is 18.2 Å². The van der Waals surface area contributed by atoms with Crippen molar-refractivity contribution in [3.8, 4) is 5.75 Å². The fourth-order valence-electron chi connectivity index (χ4n) is 2.07. The zero-order chi connectivity index (χ0) is 16.8. The van der Waals surface area contributed by atoms with Crippen molar-refractivity contribution in [2.75, 3.05) is 5.32 Å². The molecule has 0 bridgehead atoms. The summed E-state index contributed by atoms with van der Waals surface area (Å²) in [6, 6.07) is 11.7. The van der Waals surface area contributed by atoms with E-state index >= 15 is 0 Å².